The number of amides is 1. The van der Waals surface area contributed by atoms with Crippen LogP contribution in [0.1, 0.15) is 30.1 Å². The summed E-state index contributed by atoms with van der Waals surface area (Å²) in [6.07, 6.45) is 4.86. The summed E-state index contributed by atoms with van der Waals surface area (Å²) >= 11 is 0. The first-order valence-electron chi connectivity index (χ1n) is 9.03. The lowest BCUT2D eigenvalue weighted by Gasteiger charge is -2.16. The van der Waals surface area contributed by atoms with E-state index >= 15 is 0 Å². The van der Waals surface area contributed by atoms with Crippen LogP contribution in [0.3, 0.4) is 0 Å². The molecular weight excluding hydrogens is 394 g/mol. The van der Waals surface area contributed by atoms with E-state index in [-0.39, 0.29) is 22.4 Å². The van der Waals surface area contributed by atoms with Crippen LogP contribution in [0.25, 0.3) is 11.5 Å². The molecule has 3 rings (SSSR count). The molecule has 2 aromatic heterocycles. The van der Waals surface area contributed by atoms with Crippen molar-refractivity contribution in [3.8, 4) is 11.5 Å². The second-order valence-electron chi connectivity index (χ2n) is 6.31. The second-order valence-corrected chi connectivity index (χ2v) is 8.36. The number of hydrogen-bond donors (Lipinski definition) is 1. The summed E-state index contributed by atoms with van der Waals surface area (Å²) in [6.45, 7) is 2.44. The van der Waals surface area contributed by atoms with Gasteiger partial charge in [-0.1, -0.05) is 18.4 Å². The van der Waals surface area contributed by atoms with E-state index in [1.54, 1.807) is 31.6 Å². The van der Waals surface area contributed by atoms with E-state index in [2.05, 4.69) is 20.5 Å². The van der Waals surface area contributed by atoms with E-state index in [9.17, 15) is 13.2 Å². The standard InChI is InChI=1S/C19H21N5O4S/c1-3-4-12-24(2)29(26,27)16-9-7-14(8-10-16)17(25)21-19-23-22-18(28-19)15-6-5-11-20-13-15/h5-11,13H,3-4,12H2,1-2H3,(H,21,23,25). The van der Waals surface area contributed by atoms with Gasteiger partial charge in [0.1, 0.15) is 0 Å². The Bertz CT molecular complexity index is 1070. The lowest BCUT2D eigenvalue weighted by Crippen LogP contribution is -2.28. The number of carbonyl (C=O) groups is 1. The van der Waals surface area contributed by atoms with Gasteiger partial charge in [0.15, 0.2) is 0 Å². The molecule has 0 bridgehead atoms. The van der Waals surface area contributed by atoms with Crippen LogP contribution in [0, 0.1) is 0 Å². The summed E-state index contributed by atoms with van der Waals surface area (Å²) in [5, 5.41) is 10.2. The smallest absolute Gasteiger partial charge is 0.322 e. The minimum atomic E-state index is -3.59. The van der Waals surface area contributed by atoms with Crippen molar-refractivity contribution in [2.45, 2.75) is 24.7 Å². The molecule has 9 nitrogen and oxygen atoms in total. The van der Waals surface area contributed by atoms with Crippen molar-refractivity contribution in [3.63, 3.8) is 0 Å². The fraction of sp³-hybridized carbons (Fsp3) is 0.263. The summed E-state index contributed by atoms with van der Waals surface area (Å²) in [5.74, 6) is -0.264. The molecule has 3 aromatic rings. The van der Waals surface area contributed by atoms with E-state index < -0.39 is 15.9 Å². The maximum Gasteiger partial charge on any atom is 0.322 e. The van der Waals surface area contributed by atoms with Crippen molar-refractivity contribution < 1.29 is 17.6 Å². The molecule has 0 spiro atoms. The fourth-order valence-corrected chi connectivity index (χ4v) is 3.72. The lowest BCUT2D eigenvalue weighted by atomic mass is 10.2. The van der Waals surface area contributed by atoms with Gasteiger partial charge in [0.05, 0.1) is 10.5 Å². The van der Waals surface area contributed by atoms with Crippen molar-refractivity contribution in [1.82, 2.24) is 19.5 Å². The molecule has 10 heteroatoms. The second kappa shape index (κ2) is 8.93. The average Bonchev–Trinajstić information content (AvgIpc) is 3.21. The van der Waals surface area contributed by atoms with Gasteiger partial charge in [-0.2, -0.15) is 0 Å². The van der Waals surface area contributed by atoms with E-state index in [1.165, 1.54) is 28.6 Å². The maximum atomic E-state index is 12.5. The van der Waals surface area contributed by atoms with Crippen LogP contribution < -0.4 is 5.32 Å². The molecule has 2 heterocycles. The van der Waals surface area contributed by atoms with Gasteiger partial charge in [0, 0.05) is 31.5 Å². The molecular formula is C19H21N5O4S. The molecule has 0 saturated carbocycles. The number of pyridine rings is 1. The Balaban J connectivity index is 1.69. The Hall–Kier alpha value is -3.11. The quantitative estimate of drug-likeness (QED) is 0.601. The highest BCUT2D eigenvalue weighted by Gasteiger charge is 2.21. The molecule has 0 unspecified atom stereocenters. The SMILES string of the molecule is CCCCN(C)S(=O)(=O)c1ccc(C(=O)Nc2nnc(-c3cccnc3)o2)cc1. The highest BCUT2D eigenvalue weighted by Crippen LogP contribution is 2.20. The van der Waals surface area contributed by atoms with E-state index in [4.69, 9.17) is 4.42 Å². The highest BCUT2D eigenvalue weighted by atomic mass is 32.2. The molecule has 0 atom stereocenters. The van der Waals surface area contributed by atoms with Gasteiger partial charge < -0.3 is 4.42 Å². The van der Waals surface area contributed by atoms with Gasteiger partial charge in [0.2, 0.25) is 10.0 Å². The lowest BCUT2D eigenvalue weighted by molar-refractivity contribution is 0.102. The minimum absolute atomic E-state index is 0.0650. The Morgan fingerprint density at radius 2 is 1.93 bits per heavy atom. The van der Waals surface area contributed by atoms with Gasteiger partial charge in [0.25, 0.3) is 11.8 Å². The minimum Gasteiger partial charge on any atom is -0.403 e. The van der Waals surface area contributed by atoms with Crippen LogP contribution in [0.5, 0.6) is 0 Å². The third-order valence-electron chi connectivity index (χ3n) is 4.21. The third-order valence-corrected chi connectivity index (χ3v) is 6.08. The first kappa shape index (κ1) is 20.6. The molecule has 29 heavy (non-hydrogen) atoms. The molecule has 1 aromatic carbocycles. The molecule has 0 fully saturated rings. The zero-order valence-electron chi connectivity index (χ0n) is 16.1. The summed E-state index contributed by atoms with van der Waals surface area (Å²) in [4.78, 5) is 16.5. The Morgan fingerprint density at radius 1 is 1.17 bits per heavy atom. The number of nitrogens with one attached hydrogen (secondary N) is 1. The number of unbranched alkanes of at least 4 members (excludes halogenated alkanes) is 1. The number of nitrogens with zero attached hydrogens (tertiary/aromatic N) is 4. The largest absolute Gasteiger partial charge is 0.403 e. The molecule has 0 aliphatic rings. The van der Waals surface area contributed by atoms with Crippen LogP contribution in [-0.4, -0.2) is 47.4 Å². The Morgan fingerprint density at radius 3 is 2.59 bits per heavy atom. The van der Waals surface area contributed by atoms with Gasteiger partial charge in [-0.25, -0.2) is 12.7 Å². The normalized spacial score (nSPS) is 11.6. The summed E-state index contributed by atoms with van der Waals surface area (Å²) in [7, 11) is -2.04. The van der Waals surface area contributed by atoms with E-state index in [0.29, 0.717) is 12.1 Å². The van der Waals surface area contributed by atoms with Crippen LogP contribution in [0.4, 0.5) is 6.01 Å². The first-order valence-corrected chi connectivity index (χ1v) is 10.5. The van der Waals surface area contributed by atoms with Crippen LogP contribution in [0.2, 0.25) is 0 Å². The number of rotatable bonds is 8. The number of anilines is 1. The number of carbonyl (C=O) groups excluding carboxylic acids is 1. The number of benzene rings is 1. The highest BCUT2D eigenvalue weighted by molar-refractivity contribution is 7.89. The molecule has 0 radical (unpaired) electrons. The van der Waals surface area contributed by atoms with E-state index in [1.807, 2.05) is 6.92 Å². The van der Waals surface area contributed by atoms with Crippen molar-refractivity contribution in [3.05, 3.63) is 54.4 Å². The molecule has 152 valence electrons. The first-order chi connectivity index (χ1) is 13.9. The van der Waals surface area contributed by atoms with Gasteiger partial charge >= 0.3 is 6.01 Å². The Kier molecular flexibility index (Phi) is 6.35. The molecule has 0 aliphatic heterocycles. The molecule has 0 aliphatic carbocycles. The Labute approximate surface area is 168 Å². The summed E-state index contributed by atoms with van der Waals surface area (Å²) in [5.41, 5.74) is 0.892. The average molecular weight is 415 g/mol. The third kappa shape index (κ3) is 4.84. The molecule has 1 amide bonds. The molecule has 1 N–H and O–H groups in total. The van der Waals surface area contributed by atoms with E-state index in [0.717, 1.165) is 12.8 Å². The van der Waals surface area contributed by atoms with Crippen molar-refractivity contribution in [2.75, 3.05) is 18.9 Å². The van der Waals surface area contributed by atoms with Crippen LogP contribution >= 0.6 is 0 Å². The zero-order chi connectivity index (χ0) is 20.9. The van der Waals surface area contributed by atoms with Gasteiger partial charge in [-0.3, -0.25) is 15.1 Å². The predicted molar refractivity (Wildman–Crippen MR) is 107 cm³/mol. The maximum absolute atomic E-state index is 12.5. The van der Waals surface area contributed by atoms with Crippen molar-refractivity contribution in [1.29, 1.82) is 0 Å². The van der Waals surface area contributed by atoms with Crippen molar-refractivity contribution in [2.24, 2.45) is 0 Å². The van der Waals surface area contributed by atoms with Gasteiger partial charge in [-0.15, -0.1) is 5.10 Å². The summed E-state index contributed by atoms with van der Waals surface area (Å²) in [6, 6.07) is 9.10. The predicted octanol–water partition coefficient (Wildman–Crippen LogP) is 2.80. The monoisotopic (exact) mass is 415 g/mol. The fourth-order valence-electron chi connectivity index (χ4n) is 2.51. The number of sulfonamides is 1. The number of aromatic nitrogens is 3. The molecule has 0 saturated heterocycles. The zero-order valence-corrected chi connectivity index (χ0v) is 16.9. The topological polar surface area (TPSA) is 118 Å². The summed E-state index contributed by atoms with van der Waals surface area (Å²) < 4.78 is 31.8. The van der Waals surface area contributed by atoms with Crippen molar-refractivity contribution >= 4 is 21.9 Å². The number of hydrogen-bond acceptors (Lipinski definition) is 7. The van der Waals surface area contributed by atoms with Gasteiger partial charge in [-0.05, 0) is 42.8 Å². The van der Waals surface area contributed by atoms with Crippen LogP contribution in [-0.2, 0) is 10.0 Å². The van der Waals surface area contributed by atoms with Crippen LogP contribution in [0.15, 0.2) is 58.1 Å².